The van der Waals surface area contributed by atoms with Gasteiger partial charge in [0.15, 0.2) is 0 Å². The molecule has 0 bridgehead atoms. The highest BCUT2D eigenvalue weighted by atomic mass is 16.2. The SMILES string of the molecule is O=C1/C=N/C(=O)/C=N/C(=O)C\C=C/C=C\C=C\C(=O)Nc2ccccc2/C=N\1. The third kappa shape index (κ3) is 7.44. The smallest absolute Gasteiger partial charge is 0.288 e. The highest BCUT2D eigenvalue weighted by Crippen LogP contribution is 2.12. The molecule has 0 aliphatic carbocycles. The number of hydrogen-bond acceptors (Lipinski definition) is 4. The van der Waals surface area contributed by atoms with E-state index in [2.05, 4.69) is 20.3 Å². The second-order valence-electron chi connectivity index (χ2n) is 5.30. The molecule has 0 spiro atoms. The van der Waals surface area contributed by atoms with Gasteiger partial charge < -0.3 is 5.32 Å². The van der Waals surface area contributed by atoms with Crippen LogP contribution in [0.25, 0.3) is 0 Å². The summed E-state index contributed by atoms with van der Waals surface area (Å²) in [5, 5.41) is 2.68. The maximum atomic E-state index is 12.0. The Balaban J connectivity index is 2.27. The highest BCUT2D eigenvalue weighted by Gasteiger charge is 2.03. The maximum Gasteiger partial charge on any atom is 0.288 e. The fraction of sp³-hybridized carbons (Fsp3) is 0.0500. The average molecular weight is 376 g/mol. The number of fused-ring (bicyclic) bond motifs is 1. The van der Waals surface area contributed by atoms with Crippen LogP contribution in [0.2, 0.25) is 0 Å². The van der Waals surface area contributed by atoms with Gasteiger partial charge in [-0.15, -0.1) is 0 Å². The van der Waals surface area contributed by atoms with Crippen LogP contribution < -0.4 is 5.32 Å². The number of benzene rings is 1. The Hall–Kier alpha value is -4.07. The van der Waals surface area contributed by atoms with Crippen molar-refractivity contribution in [1.82, 2.24) is 0 Å². The first-order chi connectivity index (χ1) is 13.5. The van der Waals surface area contributed by atoms with E-state index < -0.39 is 17.7 Å². The summed E-state index contributed by atoms with van der Waals surface area (Å²) < 4.78 is 0. The Morgan fingerprint density at radius 2 is 1.43 bits per heavy atom. The zero-order valence-electron chi connectivity index (χ0n) is 14.7. The van der Waals surface area contributed by atoms with Crippen molar-refractivity contribution in [2.75, 3.05) is 5.32 Å². The number of nitrogens with zero attached hydrogens (tertiary/aromatic N) is 3. The molecule has 0 saturated heterocycles. The van der Waals surface area contributed by atoms with Crippen molar-refractivity contribution in [3.63, 3.8) is 0 Å². The van der Waals surface area contributed by atoms with Gasteiger partial charge in [0.1, 0.15) is 0 Å². The third-order valence-corrected chi connectivity index (χ3v) is 3.18. The van der Waals surface area contributed by atoms with E-state index in [-0.39, 0.29) is 12.3 Å². The molecule has 4 amide bonds. The zero-order valence-corrected chi connectivity index (χ0v) is 14.7. The number of anilines is 1. The van der Waals surface area contributed by atoms with E-state index in [0.29, 0.717) is 11.3 Å². The van der Waals surface area contributed by atoms with Gasteiger partial charge in [-0.3, -0.25) is 19.2 Å². The summed E-state index contributed by atoms with van der Waals surface area (Å²) in [4.78, 5) is 57.2. The molecule has 28 heavy (non-hydrogen) atoms. The van der Waals surface area contributed by atoms with Gasteiger partial charge in [0.2, 0.25) is 11.8 Å². The van der Waals surface area contributed by atoms with Gasteiger partial charge in [-0.25, -0.2) is 15.0 Å². The monoisotopic (exact) mass is 376 g/mol. The van der Waals surface area contributed by atoms with E-state index in [1.165, 1.54) is 18.4 Å². The molecule has 0 saturated carbocycles. The van der Waals surface area contributed by atoms with Gasteiger partial charge in [-0.05, 0) is 6.07 Å². The van der Waals surface area contributed by atoms with Crippen LogP contribution in [0.15, 0.2) is 75.7 Å². The Kier molecular flexibility index (Phi) is 7.82. The Morgan fingerprint density at radius 3 is 2.25 bits per heavy atom. The minimum Gasteiger partial charge on any atom is -0.322 e. The van der Waals surface area contributed by atoms with E-state index in [1.807, 2.05) is 0 Å². The first-order valence-electron chi connectivity index (χ1n) is 8.17. The molecule has 1 aromatic carbocycles. The van der Waals surface area contributed by atoms with Crippen LogP contribution in [0, 0.1) is 0 Å². The molecule has 1 aromatic rings. The number of para-hydroxylation sites is 1. The van der Waals surface area contributed by atoms with E-state index in [4.69, 9.17) is 0 Å². The number of amides is 4. The molecule has 0 fully saturated rings. The first kappa shape index (κ1) is 20.2. The maximum absolute atomic E-state index is 12.0. The molecule has 0 radical (unpaired) electrons. The number of allylic oxidation sites excluding steroid dienone is 4. The van der Waals surface area contributed by atoms with Crippen LogP contribution in [-0.4, -0.2) is 42.3 Å². The number of rotatable bonds is 0. The molecular formula is C20H16N4O4. The Bertz CT molecular complexity index is 953. The van der Waals surface area contributed by atoms with Gasteiger partial charge in [-0.1, -0.05) is 48.6 Å². The van der Waals surface area contributed by atoms with Crippen LogP contribution in [0.4, 0.5) is 5.69 Å². The van der Waals surface area contributed by atoms with Crippen molar-refractivity contribution < 1.29 is 19.2 Å². The molecule has 0 atom stereocenters. The lowest BCUT2D eigenvalue weighted by Gasteiger charge is -2.05. The lowest BCUT2D eigenvalue weighted by Crippen LogP contribution is -2.10. The number of nitrogens with one attached hydrogen (secondary N) is 1. The molecule has 1 heterocycles. The van der Waals surface area contributed by atoms with Crippen LogP contribution in [0.5, 0.6) is 0 Å². The fourth-order valence-electron chi connectivity index (χ4n) is 1.92. The third-order valence-electron chi connectivity index (χ3n) is 3.18. The number of carbonyl (C=O) groups is 4. The standard InChI is InChI=1S/C20H16N4O4/c25-17-10-4-2-1-3-5-11-18(26)24-16-9-7-6-8-15(16)12-21-19(27)14-23-20(28)13-22-17/h1-9,11-14H,10H2,(H,24,26)/b3-1-,4-2-,11-5+,21-12-,22-13+,23-14+. The number of hydrogen-bond donors (Lipinski definition) is 1. The Labute approximate surface area is 160 Å². The highest BCUT2D eigenvalue weighted by molar-refractivity contribution is 6.36. The van der Waals surface area contributed by atoms with E-state index in [9.17, 15) is 19.2 Å². The van der Waals surface area contributed by atoms with Gasteiger partial charge in [-0.2, -0.15) is 0 Å². The molecule has 8 heteroatoms. The lowest BCUT2D eigenvalue weighted by atomic mass is 10.2. The van der Waals surface area contributed by atoms with E-state index in [1.54, 1.807) is 48.6 Å². The summed E-state index contributed by atoms with van der Waals surface area (Å²) in [5.74, 6) is -2.55. The quantitative estimate of drug-likeness (QED) is 0.743. The van der Waals surface area contributed by atoms with Gasteiger partial charge in [0.05, 0.1) is 12.4 Å². The van der Waals surface area contributed by atoms with Crippen LogP contribution >= 0.6 is 0 Å². The second-order valence-corrected chi connectivity index (χ2v) is 5.30. The van der Waals surface area contributed by atoms with Crippen molar-refractivity contribution >= 4 is 48.0 Å². The fourth-order valence-corrected chi connectivity index (χ4v) is 1.92. The van der Waals surface area contributed by atoms with Gasteiger partial charge in [0.25, 0.3) is 11.8 Å². The number of carbonyl (C=O) groups excluding carboxylic acids is 4. The number of aliphatic imine (C=N–C) groups is 3. The van der Waals surface area contributed by atoms with Crippen LogP contribution in [0.1, 0.15) is 12.0 Å². The van der Waals surface area contributed by atoms with Crippen molar-refractivity contribution in [3.8, 4) is 0 Å². The summed E-state index contributed by atoms with van der Waals surface area (Å²) in [6.07, 6.45) is 12.0. The average Bonchev–Trinajstić information content (AvgIpc) is 2.68. The van der Waals surface area contributed by atoms with Gasteiger partial charge in [0, 0.05) is 30.0 Å². The topological polar surface area (TPSA) is 117 Å². The van der Waals surface area contributed by atoms with Crippen molar-refractivity contribution in [1.29, 1.82) is 0 Å². The summed E-state index contributed by atoms with van der Waals surface area (Å²) >= 11 is 0. The predicted octanol–water partition coefficient (Wildman–Crippen LogP) is 1.84. The summed E-state index contributed by atoms with van der Waals surface area (Å²) in [5.41, 5.74) is 0.961. The molecule has 1 aliphatic rings. The zero-order chi connectivity index (χ0) is 20.2. The van der Waals surface area contributed by atoms with Crippen molar-refractivity contribution in [2.45, 2.75) is 6.42 Å². The van der Waals surface area contributed by atoms with E-state index in [0.717, 1.165) is 12.4 Å². The molecule has 140 valence electrons. The predicted molar refractivity (Wildman–Crippen MR) is 107 cm³/mol. The van der Waals surface area contributed by atoms with Crippen molar-refractivity contribution in [2.24, 2.45) is 15.0 Å². The Morgan fingerprint density at radius 1 is 0.750 bits per heavy atom. The normalized spacial score (nSPS) is 23.0. The molecule has 0 aromatic heterocycles. The van der Waals surface area contributed by atoms with Gasteiger partial charge >= 0.3 is 0 Å². The minimum atomic E-state index is -0.854. The molecule has 1 aliphatic heterocycles. The van der Waals surface area contributed by atoms with Crippen LogP contribution in [-0.2, 0) is 19.2 Å². The summed E-state index contributed by atoms with van der Waals surface area (Å²) in [7, 11) is 0. The second kappa shape index (κ2) is 10.8. The molecule has 8 nitrogen and oxygen atoms in total. The summed E-state index contributed by atoms with van der Waals surface area (Å²) in [6, 6.07) is 6.76. The molecule has 2 rings (SSSR count). The lowest BCUT2D eigenvalue weighted by molar-refractivity contribution is -0.117. The van der Waals surface area contributed by atoms with E-state index >= 15 is 0 Å². The minimum absolute atomic E-state index is 0.0119. The van der Waals surface area contributed by atoms with Crippen molar-refractivity contribution in [3.05, 3.63) is 66.3 Å². The molecule has 0 unspecified atom stereocenters. The van der Waals surface area contributed by atoms with Crippen LogP contribution in [0.3, 0.4) is 0 Å². The summed E-state index contributed by atoms with van der Waals surface area (Å²) in [6.45, 7) is 0. The largest absolute Gasteiger partial charge is 0.322 e. The molecule has 1 N–H and O–H groups in total. The molecular weight excluding hydrogens is 360 g/mol. The first-order valence-corrected chi connectivity index (χ1v) is 8.17.